The maximum Gasteiger partial charge on any atom is 0.152 e. The van der Waals surface area contributed by atoms with Crippen molar-refractivity contribution in [3.05, 3.63) is 54.3 Å². The summed E-state index contributed by atoms with van der Waals surface area (Å²) in [4.78, 5) is 4.64. The molecule has 3 nitrogen and oxygen atoms in total. The average molecular weight is 266 g/mol. The van der Waals surface area contributed by atoms with Crippen molar-refractivity contribution in [3.63, 3.8) is 0 Å². The van der Waals surface area contributed by atoms with E-state index in [4.69, 9.17) is 4.42 Å². The van der Waals surface area contributed by atoms with Crippen LogP contribution in [0.5, 0.6) is 0 Å². The van der Waals surface area contributed by atoms with Crippen molar-refractivity contribution in [2.45, 2.75) is 19.9 Å². The first-order chi connectivity index (χ1) is 9.86. The fourth-order valence-corrected chi connectivity index (χ4v) is 2.20. The minimum Gasteiger partial charge on any atom is -0.458 e. The van der Waals surface area contributed by atoms with Crippen LogP contribution in [0.15, 0.2) is 52.9 Å². The lowest BCUT2D eigenvalue weighted by Crippen LogP contribution is -2.12. The zero-order valence-corrected chi connectivity index (χ0v) is 11.6. The van der Waals surface area contributed by atoms with Gasteiger partial charge in [-0.1, -0.05) is 31.2 Å². The van der Waals surface area contributed by atoms with E-state index in [2.05, 4.69) is 29.4 Å². The van der Waals surface area contributed by atoms with Crippen molar-refractivity contribution >= 4 is 10.9 Å². The molecule has 0 spiro atoms. The van der Waals surface area contributed by atoms with Crippen LogP contribution in [0.1, 0.15) is 19.1 Å². The van der Waals surface area contributed by atoms with Crippen LogP contribution in [-0.2, 0) is 6.54 Å². The monoisotopic (exact) mass is 266 g/mol. The number of aromatic nitrogens is 1. The van der Waals surface area contributed by atoms with Crippen LogP contribution < -0.4 is 5.32 Å². The summed E-state index contributed by atoms with van der Waals surface area (Å²) in [5.41, 5.74) is 1.87. The summed E-state index contributed by atoms with van der Waals surface area (Å²) in [5.74, 6) is 1.77. The highest BCUT2D eigenvalue weighted by molar-refractivity contribution is 5.80. The summed E-state index contributed by atoms with van der Waals surface area (Å²) in [7, 11) is 0. The molecule has 2 aromatic heterocycles. The number of nitrogens with zero attached hydrogens (tertiary/aromatic N) is 1. The van der Waals surface area contributed by atoms with Crippen molar-refractivity contribution < 1.29 is 4.42 Å². The molecule has 0 aliphatic carbocycles. The van der Waals surface area contributed by atoms with Gasteiger partial charge < -0.3 is 9.73 Å². The molecular weight excluding hydrogens is 248 g/mol. The Bertz CT molecular complexity index is 703. The van der Waals surface area contributed by atoms with E-state index >= 15 is 0 Å². The molecule has 3 rings (SSSR count). The number of fused-ring (bicyclic) bond motifs is 1. The molecule has 0 saturated heterocycles. The maximum atomic E-state index is 5.84. The number of hydrogen-bond acceptors (Lipinski definition) is 3. The fourth-order valence-electron chi connectivity index (χ4n) is 2.20. The topological polar surface area (TPSA) is 38.1 Å². The molecule has 0 aliphatic heterocycles. The SMILES string of the molecule is CCCNCc1ccc(-c2ccc3ccccc3n2)o1. The number of benzene rings is 1. The third-order valence-electron chi connectivity index (χ3n) is 3.24. The minimum absolute atomic E-state index is 0.765. The quantitative estimate of drug-likeness (QED) is 0.709. The molecule has 0 radical (unpaired) electrons. The summed E-state index contributed by atoms with van der Waals surface area (Å²) < 4.78 is 5.84. The lowest BCUT2D eigenvalue weighted by Gasteiger charge is -2.01. The van der Waals surface area contributed by atoms with Crippen LogP contribution in [0.2, 0.25) is 0 Å². The van der Waals surface area contributed by atoms with E-state index in [0.717, 1.165) is 47.6 Å². The molecule has 102 valence electrons. The van der Waals surface area contributed by atoms with Crippen LogP contribution >= 0.6 is 0 Å². The van der Waals surface area contributed by atoms with Gasteiger partial charge in [0, 0.05) is 5.39 Å². The second-order valence-electron chi connectivity index (χ2n) is 4.83. The standard InChI is InChI=1S/C17H18N2O/c1-2-11-18-12-14-8-10-17(20-14)16-9-7-13-5-3-4-6-15(13)19-16/h3-10,18H,2,11-12H2,1H3. The highest BCUT2D eigenvalue weighted by Gasteiger charge is 2.06. The van der Waals surface area contributed by atoms with Gasteiger partial charge in [0.15, 0.2) is 5.76 Å². The molecule has 0 bridgehead atoms. The summed E-state index contributed by atoms with van der Waals surface area (Å²) in [6, 6.07) is 16.2. The van der Waals surface area contributed by atoms with Crippen LogP contribution in [0.4, 0.5) is 0 Å². The third-order valence-corrected chi connectivity index (χ3v) is 3.24. The Morgan fingerprint density at radius 3 is 2.85 bits per heavy atom. The van der Waals surface area contributed by atoms with Gasteiger partial charge in [0.05, 0.1) is 12.1 Å². The van der Waals surface area contributed by atoms with Gasteiger partial charge in [-0.05, 0) is 37.2 Å². The smallest absolute Gasteiger partial charge is 0.152 e. The number of rotatable bonds is 5. The molecule has 0 amide bonds. The first-order valence-electron chi connectivity index (χ1n) is 7.02. The van der Waals surface area contributed by atoms with Crippen molar-refractivity contribution in [1.82, 2.24) is 10.3 Å². The molecular formula is C17H18N2O. The molecule has 2 heterocycles. The largest absolute Gasteiger partial charge is 0.458 e. The first kappa shape index (κ1) is 12.9. The summed E-state index contributed by atoms with van der Waals surface area (Å²) >= 11 is 0. The molecule has 0 aliphatic rings. The lowest BCUT2D eigenvalue weighted by molar-refractivity contribution is 0.492. The number of furan rings is 1. The van der Waals surface area contributed by atoms with Crippen LogP contribution in [0.25, 0.3) is 22.4 Å². The van der Waals surface area contributed by atoms with Gasteiger partial charge in [0.25, 0.3) is 0 Å². The molecule has 3 aromatic rings. The van der Waals surface area contributed by atoms with E-state index < -0.39 is 0 Å². The molecule has 0 fully saturated rings. The Labute approximate surface area is 118 Å². The Hall–Kier alpha value is -2.13. The number of para-hydroxylation sites is 1. The van der Waals surface area contributed by atoms with Crippen molar-refractivity contribution in [2.24, 2.45) is 0 Å². The van der Waals surface area contributed by atoms with Crippen LogP contribution in [-0.4, -0.2) is 11.5 Å². The van der Waals surface area contributed by atoms with E-state index in [-0.39, 0.29) is 0 Å². The summed E-state index contributed by atoms with van der Waals surface area (Å²) in [5, 5.41) is 4.48. The molecule has 0 atom stereocenters. The van der Waals surface area contributed by atoms with E-state index in [9.17, 15) is 0 Å². The average Bonchev–Trinajstić information content (AvgIpc) is 2.96. The van der Waals surface area contributed by atoms with Gasteiger partial charge in [-0.15, -0.1) is 0 Å². The van der Waals surface area contributed by atoms with Crippen LogP contribution in [0.3, 0.4) is 0 Å². The lowest BCUT2D eigenvalue weighted by atomic mass is 10.2. The van der Waals surface area contributed by atoms with Gasteiger partial charge >= 0.3 is 0 Å². The third kappa shape index (κ3) is 2.73. The second kappa shape index (κ2) is 5.88. The number of pyridine rings is 1. The van der Waals surface area contributed by atoms with E-state index in [0.29, 0.717) is 0 Å². The van der Waals surface area contributed by atoms with Crippen molar-refractivity contribution in [3.8, 4) is 11.5 Å². The molecule has 1 aromatic carbocycles. The normalized spacial score (nSPS) is 11.1. The molecule has 3 heteroatoms. The van der Waals surface area contributed by atoms with Gasteiger partial charge in [0.1, 0.15) is 11.5 Å². The number of hydrogen-bond donors (Lipinski definition) is 1. The van der Waals surface area contributed by atoms with Crippen LogP contribution in [0, 0.1) is 0 Å². The first-order valence-corrected chi connectivity index (χ1v) is 7.02. The van der Waals surface area contributed by atoms with Gasteiger partial charge in [-0.25, -0.2) is 4.98 Å². The van der Waals surface area contributed by atoms with Crippen molar-refractivity contribution in [1.29, 1.82) is 0 Å². The predicted octanol–water partition coefficient (Wildman–Crippen LogP) is 3.99. The summed E-state index contributed by atoms with van der Waals surface area (Å²) in [6.45, 7) is 3.92. The molecule has 1 N–H and O–H groups in total. The molecule has 0 unspecified atom stereocenters. The highest BCUT2D eigenvalue weighted by Crippen LogP contribution is 2.23. The Kier molecular flexibility index (Phi) is 3.79. The fraction of sp³-hybridized carbons (Fsp3) is 0.235. The van der Waals surface area contributed by atoms with Gasteiger partial charge in [-0.2, -0.15) is 0 Å². The highest BCUT2D eigenvalue weighted by atomic mass is 16.3. The van der Waals surface area contributed by atoms with Gasteiger partial charge in [0.2, 0.25) is 0 Å². The molecule has 20 heavy (non-hydrogen) atoms. The second-order valence-corrected chi connectivity index (χ2v) is 4.83. The predicted molar refractivity (Wildman–Crippen MR) is 81.4 cm³/mol. The Morgan fingerprint density at radius 2 is 1.95 bits per heavy atom. The Morgan fingerprint density at radius 1 is 1.05 bits per heavy atom. The minimum atomic E-state index is 0.765. The molecule has 0 saturated carbocycles. The maximum absolute atomic E-state index is 5.84. The van der Waals surface area contributed by atoms with E-state index in [1.165, 1.54) is 0 Å². The zero-order chi connectivity index (χ0) is 13.8. The van der Waals surface area contributed by atoms with Gasteiger partial charge in [-0.3, -0.25) is 0 Å². The van der Waals surface area contributed by atoms with Crippen molar-refractivity contribution in [2.75, 3.05) is 6.54 Å². The Balaban J connectivity index is 1.83. The summed E-state index contributed by atoms with van der Waals surface area (Å²) in [6.07, 6.45) is 1.12. The number of nitrogens with one attached hydrogen (secondary N) is 1. The van der Waals surface area contributed by atoms with E-state index in [1.807, 2.05) is 36.4 Å². The zero-order valence-electron chi connectivity index (χ0n) is 11.6. The van der Waals surface area contributed by atoms with E-state index in [1.54, 1.807) is 0 Å².